The van der Waals surface area contributed by atoms with Crippen LogP contribution in [0.3, 0.4) is 0 Å². The second kappa shape index (κ2) is 11.3. The number of para-hydroxylation sites is 1. The molecule has 0 saturated carbocycles. The molecule has 0 unspecified atom stereocenters. The van der Waals surface area contributed by atoms with Crippen molar-refractivity contribution < 1.29 is 23.9 Å². The monoisotopic (exact) mass is 521 g/mol. The number of hydrogen-bond acceptors (Lipinski definition) is 6. The average molecular weight is 522 g/mol. The summed E-state index contributed by atoms with van der Waals surface area (Å²) in [6.45, 7) is 2.38. The maximum Gasteiger partial charge on any atom is 0.321 e. The van der Waals surface area contributed by atoms with Gasteiger partial charge in [0.2, 0.25) is 5.91 Å². The van der Waals surface area contributed by atoms with Crippen molar-refractivity contribution in [2.45, 2.75) is 37.3 Å². The molecule has 3 aliphatic rings. The summed E-state index contributed by atoms with van der Waals surface area (Å²) in [6, 6.07) is 16.8. The van der Waals surface area contributed by atoms with Crippen LogP contribution >= 0.6 is 0 Å². The van der Waals surface area contributed by atoms with E-state index in [0.29, 0.717) is 50.6 Å². The maximum absolute atomic E-state index is 13.8. The fourth-order valence-electron chi connectivity index (χ4n) is 5.54. The lowest BCUT2D eigenvalue weighted by Crippen LogP contribution is -2.58. The number of ether oxygens (including phenoxy) is 2. The van der Waals surface area contributed by atoms with Crippen LogP contribution in [0.1, 0.15) is 25.7 Å². The van der Waals surface area contributed by atoms with E-state index in [0.717, 1.165) is 25.1 Å². The summed E-state index contributed by atoms with van der Waals surface area (Å²) in [6.07, 6.45) is 2.95. The van der Waals surface area contributed by atoms with Gasteiger partial charge in [0.05, 0.1) is 19.9 Å². The van der Waals surface area contributed by atoms with Crippen molar-refractivity contribution >= 4 is 29.2 Å². The zero-order valence-electron chi connectivity index (χ0n) is 21.7. The van der Waals surface area contributed by atoms with Crippen LogP contribution in [0, 0.1) is 0 Å². The summed E-state index contributed by atoms with van der Waals surface area (Å²) in [7, 11) is 1.60. The molecule has 0 radical (unpaired) electrons. The van der Waals surface area contributed by atoms with Crippen LogP contribution in [0.2, 0.25) is 0 Å². The second-order valence-corrected chi connectivity index (χ2v) is 10.0. The molecule has 0 aliphatic carbocycles. The molecule has 0 bridgehead atoms. The third kappa shape index (κ3) is 5.40. The van der Waals surface area contributed by atoms with Gasteiger partial charge in [0.15, 0.2) is 0 Å². The first kappa shape index (κ1) is 25.8. The molecule has 2 N–H and O–H groups in total. The summed E-state index contributed by atoms with van der Waals surface area (Å²) >= 11 is 0. The van der Waals surface area contributed by atoms with Gasteiger partial charge in [-0.25, -0.2) is 4.79 Å². The standard InChI is InChI=1S/C28H35N5O5/c1-37-23-11-9-21(10-12-23)30-27(36)31-15-13-28(14-16-31)26(35)32(20-33(28)22-6-3-2-4-7-22)19-25(34)29-18-24-8-5-17-38-24/h2-4,6-7,9-12,24H,5,8,13-20H2,1H3,(H,29,34)(H,30,36)/t24-/m0/s1. The van der Waals surface area contributed by atoms with Crippen LogP contribution in [0.4, 0.5) is 16.2 Å². The first-order valence-corrected chi connectivity index (χ1v) is 13.2. The first-order chi connectivity index (χ1) is 18.5. The number of benzene rings is 2. The Hall–Kier alpha value is -3.79. The number of amides is 4. The molecule has 1 atom stereocenters. The molecule has 5 rings (SSSR count). The van der Waals surface area contributed by atoms with E-state index < -0.39 is 5.54 Å². The molecule has 3 fully saturated rings. The quantitative estimate of drug-likeness (QED) is 0.581. The minimum Gasteiger partial charge on any atom is -0.497 e. The minimum atomic E-state index is -0.799. The number of methoxy groups -OCH3 is 1. The highest BCUT2D eigenvalue weighted by molar-refractivity contribution is 5.97. The van der Waals surface area contributed by atoms with E-state index in [1.165, 1.54) is 0 Å². The number of anilines is 2. The Morgan fingerprint density at radius 1 is 1.08 bits per heavy atom. The Morgan fingerprint density at radius 3 is 2.47 bits per heavy atom. The zero-order valence-corrected chi connectivity index (χ0v) is 21.7. The van der Waals surface area contributed by atoms with E-state index in [2.05, 4.69) is 15.5 Å². The third-order valence-corrected chi connectivity index (χ3v) is 7.69. The highest BCUT2D eigenvalue weighted by Gasteiger charge is 2.54. The Balaban J connectivity index is 1.25. The molecule has 1 spiro atoms. The van der Waals surface area contributed by atoms with Gasteiger partial charge in [0, 0.05) is 37.6 Å². The molecule has 38 heavy (non-hydrogen) atoms. The zero-order chi connectivity index (χ0) is 26.5. The molecule has 10 heteroatoms. The van der Waals surface area contributed by atoms with Crippen LogP contribution in [-0.4, -0.2) is 85.9 Å². The second-order valence-electron chi connectivity index (χ2n) is 10.0. The van der Waals surface area contributed by atoms with Crippen molar-refractivity contribution in [2.75, 3.05) is 56.8 Å². The van der Waals surface area contributed by atoms with Crippen LogP contribution in [-0.2, 0) is 14.3 Å². The fourth-order valence-corrected chi connectivity index (χ4v) is 5.54. The number of urea groups is 1. The maximum atomic E-state index is 13.8. The molecule has 3 heterocycles. The predicted molar refractivity (Wildman–Crippen MR) is 143 cm³/mol. The highest BCUT2D eigenvalue weighted by atomic mass is 16.5. The van der Waals surface area contributed by atoms with Gasteiger partial charge in [-0.1, -0.05) is 18.2 Å². The van der Waals surface area contributed by atoms with Gasteiger partial charge >= 0.3 is 6.03 Å². The van der Waals surface area contributed by atoms with Gasteiger partial charge in [-0.15, -0.1) is 0 Å². The van der Waals surface area contributed by atoms with Crippen molar-refractivity contribution in [1.82, 2.24) is 15.1 Å². The lowest BCUT2D eigenvalue weighted by atomic mass is 9.85. The van der Waals surface area contributed by atoms with Crippen molar-refractivity contribution in [2.24, 2.45) is 0 Å². The Kier molecular flexibility index (Phi) is 7.69. The molecule has 2 aromatic rings. The van der Waals surface area contributed by atoms with Crippen molar-refractivity contribution in [3.63, 3.8) is 0 Å². The molecular formula is C28H35N5O5. The van der Waals surface area contributed by atoms with E-state index in [4.69, 9.17) is 9.47 Å². The van der Waals surface area contributed by atoms with Crippen LogP contribution in [0.5, 0.6) is 5.75 Å². The van der Waals surface area contributed by atoms with E-state index in [1.807, 2.05) is 30.3 Å². The van der Waals surface area contributed by atoms with E-state index in [-0.39, 0.29) is 30.5 Å². The van der Waals surface area contributed by atoms with E-state index >= 15 is 0 Å². The van der Waals surface area contributed by atoms with Gasteiger partial charge in [0.25, 0.3) is 5.91 Å². The number of carbonyl (C=O) groups excluding carboxylic acids is 3. The molecule has 3 saturated heterocycles. The number of carbonyl (C=O) groups is 3. The normalized spacial score (nSPS) is 20.6. The molecule has 3 aliphatic heterocycles. The topological polar surface area (TPSA) is 103 Å². The molecule has 2 aromatic carbocycles. The smallest absolute Gasteiger partial charge is 0.321 e. The summed E-state index contributed by atoms with van der Waals surface area (Å²) in [5, 5.41) is 5.85. The number of piperidine rings is 1. The number of rotatable bonds is 7. The van der Waals surface area contributed by atoms with Gasteiger partial charge in [0.1, 0.15) is 17.8 Å². The molecule has 202 valence electrons. The van der Waals surface area contributed by atoms with Gasteiger partial charge in [-0.05, 0) is 62.1 Å². The Morgan fingerprint density at radius 2 is 1.82 bits per heavy atom. The number of nitrogens with zero attached hydrogens (tertiary/aromatic N) is 3. The summed E-state index contributed by atoms with van der Waals surface area (Å²) in [4.78, 5) is 45.0. The van der Waals surface area contributed by atoms with Crippen LogP contribution in [0.25, 0.3) is 0 Å². The first-order valence-electron chi connectivity index (χ1n) is 13.2. The van der Waals surface area contributed by atoms with Crippen LogP contribution in [0.15, 0.2) is 54.6 Å². The molecule has 10 nitrogen and oxygen atoms in total. The average Bonchev–Trinajstić information content (AvgIpc) is 3.56. The summed E-state index contributed by atoms with van der Waals surface area (Å²) < 4.78 is 10.8. The minimum absolute atomic E-state index is 0.00168. The molecule has 0 aromatic heterocycles. The largest absolute Gasteiger partial charge is 0.497 e. The molecule has 4 amide bonds. The van der Waals surface area contributed by atoms with E-state index in [9.17, 15) is 14.4 Å². The van der Waals surface area contributed by atoms with Crippen LogP contribution < -0.4 is 20.3 Å². The number of likely N-dealkylation sites (tertiary alicyclic amines) is 1. The predicted octanol–water partition coefficient (Wildman–Crippen LogP) is 2.66. The Bertz CT molecular complexity index is 1130. The molecular weight excluding hydrogens is 486 g/mol. The SMILES string of the molecule is COc1ccc(NC(=O)N2CCC3(CC2)C(=O)N(CC(=O)NC[C@@H]2CCCO2)CN3c2ccccc2)cc1. The fraction of sp³-hybridized carbons (Fsp3) is 0.464. The van der Waals surface area contributed by atoms with Gasteiger partial charge in [-0.3, -0.25) is 9.59 Å². The van der Waals surface area contributed by atoms with E-state index in [1.54, 1.807) is 41.2 Å². The summed E-state index contributed by atoms with van der Waals surface area (Å²) in [5.41, 5.74) is 0.811. The highest BCUT2D eigenvalue weighted by Crippen LogP contribution is 2.39. The third-order valence-electron chi connectivity index (χ3n) is 7.69. The lowest BCUT2D eigenvalue weighted by Gasteiger charge is -2.43. The van der Waals surface area contributed by atoms with Crippen molar-refractivity contribution in [3.05, 3.63) is 54.6 Å². The number of nitrogens with one attached hydrogen (secondary N) is 2. The Labute approximate surface area is 222 Å². The van der Waals surface area contributed by atoms with Gasteiger partial charge in [-0.2, -0.15) is 0 Å². The number of hydrogen-bond donors (Lipinski definition) is 2. The van der Waals surface area contributed by atoms with Gasteiger partial charge < -0.3 is 34.8 Å². The lowest BCUT2D eigenvalue weighted by molar-refractivity contribution is -0.137. The van der Waals surface area contributed by atoms with Crippen molar-refractivity contribution in [3.8, 4) is 5.75 Å². The summed E-state index contributed by atoms with van der Waals surface area (Å²) in [5.74, 6) is 0.466. The van der Waals surface area contributed by atoms with Crippen molar-refractivity contribution in [1.29, 1.82) is 0 Å².